The van der Waals surface area contributed by atoms with E-state index in [-0.39, 0.29) is 47.1 Å². The molecule has 1 saturated heterocycles. The highest BCUT2D eigenvalue weighted by molar-refractivity contribution is 14.0. The third kappa shape index (κ3) is 3.97. The van der Waals surface area contributed by atoms with E-state index in [2.05, 4.69) is 15.6 Å². The Morgan fingerprint density at radius 3 is 2.82 bits per heavy atom. The van der Waals surface area contributed by atoms with E-state index in [9.17, 15) is 4.39 Å². The SMILES string of the molecule is CN=C(NCC(C)Oc1ccccc1F)NC1C2CCOC2C12CCCC2.I. The Morgan fingerprint density at radius 1 is 1.36 bits per heavy atom. The molecule has 5 nitrogen and oxygen atoms in total. The van der Waals surface area contributed by atoms with Gasteiger partial charge in [0.25, 0.3) is 0 Å². The lowest BCUT2D eigenvalue weighted by Crippen LogP contribution is -2.69. The number of hydrogen-bond acceptors (Lipinski definition) is 3. The van der Waals surface area contributed by atoms with Crippen LogP contribution in [0.3, 0.4) is 0 Å². The largest absolute Gasteiger partial charge is 0.486 e. The molecule has 2 saturated carbocycles. The van der Waals surface area contributed by atoms with Crippen molar-refractivity contribution in [3.8, 4) is 5.75 Å². The molecule has 0 amide bonds. The molecule has 0 bridgehead atoms. The van der Waals surface area contributed by atoms with Crippen LogP contribution in [0.25, 0.3) is 0 Å². The van der Waals surface area contributed by atoms with Crippen molar-refractivity contribution in [2.45, 2.75) is 57.3 Å². The van der Waals surface area contributed by atoms with Crippen molar-refractivity contribution < 1.29 is 13.9 Å². The zero-order chi connectivity index (χ0) is 18.9. The second-order valence-electron chi connectivity index (χ2n) is 8.12. The summed E-state index contributed by atoms with van der Waals surface area (Å²) in [5.41, 5.74) is 0.286. The van der Waals surface area contributed by atoms with Crippen LogP contribution in [-0.4, -0.2) is 44.4 Å². The molecule has 156 valence electrons. The fraction of sp³-hybridized carbons (Fsp3) is 0.667. The molecule has 2 N–H and O–H groups in total. The highest BCUT2D eigenvalue weighted by Crippen LogP contribution is 2.60. The quantitative estimate of drug-likeness (QED) is 0.366. The van der Waals surface area contributed by atoms with Crippen molar-refractivity contribution in [2.75, 3.05) is 20.2 Å². The fourth-order valence-corrected chi connectivity index (χ4v) is 5.29. The summed E-state index contributed by atoms with van der Waals surface area (Å²) in [5, 5.41) is 7.01. The predicted octanol–water partition coefficient (Wildman–Crippen LogP) is 3.72. The van der Waals surface area contributed by atoms with Crippen LogP contribution in [0.4, 0.5) is 4.39 Å². The van der Waals surface area contributed by atoms with E-state index in [1.807, 2.05) is 6.92 Å². The Balaban J connectivity index is 0.00000225. The maximum absolute atomic E-state index is 13.7. The first kappa shape index (κ1) is 21.6. The third-order valence-electron chi connectivity index (χ3n) is 6.52. The van der Waals surface area contributed by atoms with E-state index in [1.165, 1.54) is 31.7 Å². The summed E-state index contributed by atoms with van der Waals surface area (Å²) in [5.74, 6) is 1.33. The Labute approximate surface area is 183 Å². The van der Waals surface area contributed by atoms with Crippen molar-refractivity contribution in [1.29, 1.82) is 0 Å². The monoisotopic (exact) mass is 503 g/mol. The molecule has 1 aromatic rings. The van der Waals surface area contributed by atoms with Crippen LogP contribution in [0.15, 0.2) is 29.3 Å². The molecule has 3 aliphatic rings. The van der Waals surface area contributed by atoms with E-state index >= 15 is 0 Å². The molecule has 1 aromatic carbocycles. The van der Waals surface area contributed by atoms with Crippen molar-refractivity contribution in [3.63, 3.8) is 0 Å². The molecular formula is C21H31FIN3O2. The summed E-state index contributed by atoms with van der Waals surface area (Å²) in [6.07, 6.45) is 6.47. The Hall–Kier alpha value is -1.09. The number of benzene rings is 1. The molecule has 1 aliphatic heterocycles. The fourth-order valence-electron chi connectivity index (χ4n) is 5.29. The van der Waals surface area contributed by atoms with E-state index < -0.39 is 0 Å². The number of hydrogen-bond donors (Lipinski definition) is 2. The van der Waals surface area contributed by atoms with Crippen molar-refractivity contribution in [1.82, 2.24) is 10.6 Å². The molecule has 28 heavy (non-hydrogen) atoms. The van der Waals surface area contributed by atoms with Crippen LogP contribution in [0.2, 0.25) is 0 Å². The van der Waals surface area contributed by atoms with Crippen molar-refractivity contribution in [2.24, 2.45) is 16.3 Å². The minimum absolute atomic E-state index is 0. The van der Waals surface area contributed by atoms with Gasteiger partial charge in [-0.05, 0) is 38.3 Å². The third-order valence-corrected chi connectivity index (χ3v) is 6.52. The van der Waals surface area contributed by atoms with Crippen LogP contribution >= 0.6 is 24.0 Å². The standard InChI is InChI=1S/C21H30FN3O2.HI/c1-14(27-17-8-4-3-7-16(17)22)13-24-20(23-2)25-18-15-9-12-26-19(15)21(18)10-5-6-11-21;/h3-4,7-8,14-15,18-19H,5-6,9-13H2,1-2H3,(H2,23,24,25);1H. The van der Waals surface area contributed by atoms with Gasteiger partial charge in [-0.25, -0.2) is 4.39 Å². The van der Waals surface area contributed by atoms with Crippen LogP contribution in [0.5, 0.6) is 5.75 Å². The molecule has 3 fully saturated rings. The van der Waals surface area contributed by atoms with E-state index in [4.69, 9.17) is 9.47 Å². The summed E-state index contributed by atoms with van der Waals surface area (Å²) >= 11 is 0. The Bertz CT molecular complexity index is 696. The second-order valence-corrected chi connectivity index (χ2v) is 8.12. The van der Waals surface area contributed by atoms with Gasteiger partial charge in [-0.1, -0.05) is 25.0 Å². The molecule has 1 heterocycles. The lowest BCUT2D eigenvalue weighted by atomic mass is 9.54. The summed E-state index contributed by atoms with van der Waals surface area (Å²) in [6.45, 7) is 3.36. The minimum atomic E-state index is -0.336. The lowest BCUT2D eigenvalue weighted by molar-refractivity contribution is -0.125. The molecule has 2 aliphatic carbocycles. The topological polar surface area (TPSA) is 54.9 Å². The van der Waals surface area contributed by atoms with Crippen molar-refractivity contribution in [3.05, 3.63) is 30.1 Å². The highest BCUT2D eigenvalue weighted by Gasteiger charge is 2.65. The van der Waals surface area contributed by atoms with Crippen LogP contribution in [0, 0.1) is 17.2 Å². The first-order chi connectivity index (χ1) is 13.1. The molecule has 4 unspecified atom stereocenters. The number of guanidine groups is 1. The molecule has 4 rings (SSSR count). The summed E-state index contributed by atoms with van der Waals surface area (Å²) in [6, 6.07) is 6.93. The van der Waals surface area contributed by atoms with Gasteiger partial charge < -0.3 is 20.1 Å². The molecule has 1 spiro atoms. The van der Waals surface area contributed by atoms with Gasteiger partial charge in [0.05, 0.1) is 12.6 Å². The van der Waals surface area contributed by atoms with Crippen molar-refractivity contribution >= 4 is 29.9 Å². The number of nitrogens with one attached hydrogen (secondary N) is 2. The zero-order valence-electron chi connectivity index (χ0n) is 16.6. The van der Waals surface area contributed by atoms with Gasteiger partial charge in [0.2, 0.25) is 0 Å². The summed E-state index contributed by atoms with van der Waals surface area (Å²) in [4.78, 5) is 4.40. The van der Waals surface area contributed by atoms with Gasteiger partial charge in [0.1, 0.15) is 6.10 Å². The smallest absolute Gasteiger partial charge is 0.191 e. The van der Waals surface area contributed by atoms with Gasteiger partial charge >= 0.3 is 0 Å². The van der Waals surface area contributed by atoms with E-state index in [1.54, 1.807) is 25.2 Å². The number of fused-ring (bicyclic) bond motifs is 2. The van der Waals surface area contributed by atoms with Gasteiger partial charge in [-0.2, -0.15) is 0 Å². The molecule has 0 aromatic heterocycles. The maximum Gasteiger partial charge on any atom is 0.191 e. The number of ether oxygens (including phenoxy) is 2. The van der Waals surface area contributed by atoms with Crippen LogP contribution in [-0.2, 0) is 4.74 Å². The number of rotatable bonds is 5. The minimum Gasteiger partial charge on any atom is -0.486 e. The lowest BCUT2D eigenvalue weighted by Gasteiger charge is -2.57. The summed E-state index contributed by atoms with van der Waals surface area (Å²) in [7, 11) is 1.79. The normalized spacial score (nSPS) is 28.8. The number of nitrogens with zero attached hydrogens (tertiary/aromatic N) is 1. The maximum atomic E-state index is 13.7. The van der Waals surface area contributed by atoms with Gasteiger partial charge in [0.15, 0.2) is 17.5 Å². The number of aliphatic imine (C=N–C) groups is 1. The molecular weight excluding hydrogens is 472 g/mol. The number of halogens is 2. The zero-order valence-corrected chi connectivity index (χ0v) is 18.9. The average Bonchev–Trinajstić information content (AvgIpc) is 3.32. The summed E-state index contributed by atoms with van der Waals surface area (Å²) < 4.78 is 25.5. The Kier molecular flexibility index (Phi) is 7.07. The molecule has 0 radical (unpaired) electrons. The number of para-hydroxylation sites is 1. The average molecular weight is 503 g/mol. The van der Waals surface area contributed by atoms with Crippen LogP contribution in [0.1, 0.15) is 39.0 Å². The predicted molar refractivity (Wildman–Crippen MR) is 119 cm³/mol. The molecule has 7 heteroatoms. The highest BCUT2D eigenvalue weighted by atomic mass is 127. The second kappa shape index (κ2) is 9.15. The first-order valence-corrected chi connectivity index (χ1v) is 10.1. The molecule has 4 atom stereocenters. The van der Waals surface area contributed by atoms with Gasteiger partial charge in [-0.15, -0.1) is 24.0 Å². The first-order valence-electron chi connectivity index (χ1n) is 10.1. The van der Waals surface area contributed by atoms with E-state index in [0.717, 1.165) is 19.0 Å². The van der Waals surface area contributed by atoms with Crippen LogP contribution < -0.4 is 15.4 Å². The Morgan fingerprint density at radius 2 is 2.11 bits per heavy atom. The van der Waals surface area contributed by atoms with Gasteiger partial charge in [-0.3, -0.25) is 4.99 Å². The van der Waals surface area contributed by atoms with Gasteiger partial charge in [0, 0.05) is 31.0 Å². The van der Waals surface area contributed by atoms with E-state index in [0.29, 0.717) is 24.6 Å².